The summed E-state index contributed by atoms with van der Waals surface area (Å²) in [4.78, 5) is 14.0. The molecule has 1 atom stereocenters. The first kappa shape index (κ1) is 12.7. The van der Waals surface area contributed by atoms with Crippen LogP contribution in [-0.4, -0.2) is 37.0 Å². The molecule has 4 nitrogen and oxygen atoms in total. The van der Waals surface area contributed by atoms with E-state index in [1.165, 1.54) is 0 Å². The quantitative estimate of drug-likeness (QED) is 0.887. The molecule has 1 unspecified atom stereocenters. The average molecular weight is 248 g/mol. The summed E-state index contributed by atoms with van der Waals surface area (Å²) in [5.74, 6) is 1.00. The van der Waals surface area contributed by atoms with Crippen LogP contribution in [0.5, 0.6) is 5.75 Å². The second-order valence-corrected chi connectivity index (χ2v) is 4.63. The molecule has 4 heteroatoms. The van der Waals surface area contributed by atoms with Gasteiger partial charge in [-0.2, -0.15) is 0 Å². The number of carbonyl (C=O) groups excluding carboxylic acids is 1. The van der Waals surface area contributed by atoms with Crippen LogP contribution in [0.15, 0.2) is 24.3 Å². The lowest BCUT2D eigenvalue weighted by Crippen LogP contribution is -2.39. The highest BCUT2D eigenvalue weighted by molar-refractivity contribution is 5.84. The highest BCUT2D eigenvalue weighted by atomic mass is 16.5. The molecule has 1 aliphatic rings. The number of hydrogen-bond acceptors (Lipinski definition) is 3. The molecule has 1 aromatic rings. The summed E-state index contributed by atoms with van der Waals surface area (Å²) in [6.45, 7) is 3.70. The molecule has 1 fully saturated rings. The zero-order valence-corrected chi connectivity index (χ0v) is 11.0. The average Bonchev–Trinajstić information content (AvgIpc) is 2.92. The Morgan fingerprint density at radius 1 is 1.28 bits per heavy atom. The molecular formula is C14H20N2O2. The molecule has 0 bridgehead atoms. The van der Waals surface area contributed by atoms with Crippen LogP contribution in [0.25, 0.3) is 0 Å². The number of rotatable bonds is 4. The van der Waals surface area contributed by atoms with Crippen molar-refractivity contribution in [3.05, 3.63) is 24.3 Å². The number of nitrogens with one attached hydrogen (secondary N) is 1. The Kier molecular flexibility index (Phi) is 4.07. The zero-order chi connectivity index (χ0) is 13.0. The third kappa shape index (κ3) is 2.94. The first-order valence-corrected chi connectivity index (χ1v) is 6.40. The van der Waals surface area contributed by atoms with E-state index in [9.17, 15) is 4.79 Å². The molecule has 1 saturated heterocycles. The molecule has 0 aromatic heterocycles. The van der Waals surface area contributed by atoms with E-state index in [0.29, 0.717) is 0 Å². The fourth-order valence-electron chi connectivity index (χ4n) is 2.21. The van der Waals surface area contributed by atoms with Gasteiger partial charge in [-0.25, -0.2) is 0 Å². The van der Waals surface area contributed by atoms with Crippen molar-refractivity contribution in [1.29, 1.82) is 0 Å². The molecule has 98 valence electrons. The summed E-state index contributed by atoms with van der Waals surface area (Å²) in [5.41, 5.74) is 0.941. The Balaban J connectivity index is 1.92. The summed E-state index contributed by atoms with van der Waals surface area (Å²) in [5, 5.41) is 3.22. The number of nitrogens with zero attached hydrogens (tertiary/aromatic N) is 1. The van der Waals surface area contributed by atoms with Crippen LogP contribution in [0, 0.1) is 0 Å². The Morgan fingerprint density at radius 2 is 1.89 bits per heavy atom. The van der Waals surface area contributed by atoms with Crippen LogP contribution >= 0.6 is 0 Å². The van der Waals surface area contributed by atoms with Crippen LogP contribution in [0.2, 0.25) is 0 Å². The second kappa shape index (κ2) is 5.76. The van der Waals surface area contributed by atoms with E-state index >= 15 is 0 Å². The first-order chi connectivity index (χ1) is 8.70. The SMILES string of the molecule is COc1ccc(NC(C)C(=O)N2CCCC2)cc1. The summed E-state index contributed by atoms with van der Waals surface area (Å²) in [6.07, 6.45) is 2.25. The molecule has 18 heavy (non-hydrogen) atoms. The minimum atomic E-state index is -0.184. The van der Waals surface area contributed by atoms with Crippen molar-refractivity contribution in [2.45, 2.75) is 25.8 Å². The second-order valence-electron chi connectivity index (χ2n) is 4.63. The Hall–Kier alpha value is -1.71. The van der Waals surface area contributed by atoms with Gasteiger partial charge in [-0.3, -0.25) is 4.79 Å². The van der Waals surface area contributed by atoms with Gasteiger partial charge in [0.1, 0.15) is 11.8 Å². The number of benzene rings is 1. The molecule has 0 spiro atoms. The lowest BCUT2D eigenvalue weighted by molar-refractivity contribution is -0.130. The minimum Gasteiger partial charge on any atom is -0.497 e. The summed E-state index contributed by atoms with van der Waals surface area (Å²) in [7, 11) is 1.64. The van der Waals surface area contributed by atoms with Gasteiger partial charge in [0, 0.05) is 18.8 Å². The van der Waals surface area contributed by atoms with Crippen LogP contribution in [0.3, 0.4) is 0 Å². The van der Waals surface area contributed by atoms with Crippen LogP contribution in [0.1, 0.15) is 19.8 Å². The fourth-order valence-corrected chi connectivity index (χ4v) is 2.21. The molecule has 0 saturated carbocycles. The number of carbonyl (C=O) groups is 1. The van der Waals surface area contributed by atoms with Crippen LogP contribution in [0.4, 0.5) is 5.69 Å². The van der Waals surface area contributed by atoms with E-state index in [0.717, 1.165) is 37.4 Å². The first-order valence-electron chi connectivity index (χ1n) is 6.40. The smallest absolute Gasteiger partial charge is 0.244 e. The fraction of sp³-hybridized carbons (Fsp3) is 0.500. The van der Waals surface area contributed by atoms with E-state index in [2.05, 4.69) is 5.32 Å². The van der Waals surface area contributed by atoms with E-state index in [-0.39, 0.29) is 11.9 Å². The molecule has 1 amide bonds. The highest BCUT2D eigenvalue weighted by Gasteiger charge is 2.22. The number of ether oxygens (including phenoxy) is 1. The lowest BCUT2D eigenvalue weighted by Gasteiger charge is -2.21. The van der Waals surface area contributed by atoms with E-state index in [1.807, 2.05) is 36.1 Å². The van der Waals surface area contributed by atoms with E-state index < -0.39 is 0 Å². The Morgan fingerprint density at radius 3 is 2.44 bits per heavy atom. The van der Waals surface area contributed by atoms with E-state index in [1.54, 1.807) is 7.11 Å². The lowest BCUT2D eigenvalue weighted by atomic mass is 10.2. The largest absolute Gasteiger partial charge is 0.497 e. The van der Waals surface area contributed by atoms with Gasteiger partial charge in [0.2, 0.25) is 5.91 Å². The van der Waals surface area contributed by atoms with Gasteiger partial charge in [0.25, 0.3) is 0 Å². The third-order valence-electron chi connectivity index (χ3n) is 3.26. The maximum Gasteiger partial charge on any atom is 0.244 e. The molecular weight excluding hydrogens is 228 g/mol. The summed E-state index contributed by atoms with van der Waals surface area (Å²) >= 11 is 0. The number of methoxy groups -OCH3 is 1. The van der Waals surface area contributed by atoms with Gasteiger partial charge in [-0.15, -0.1) is 0 Å². The van der Waals surface area contributed by atoms with Crippen LogP contribution in [-0.2, 0) is 4.79 Å². The maximum atomic E-state index is 12.1. The summed E-state index contributed by atoms with van der Waals surface area (Å²) in [6, 6.07) is 7.43. The molecule has 1 heterocycles. The van der Waals surface area contributed by atoms with Crippen LogP contribution < -0.4 is 10.1 Å². The number of amides is 1. The standard InChI is InChI=1S/C14H20N2O2/c1-11(14(17)16-9-3-4-10-16)15-12-5-7-13(18-2)8-6-12/h5-8,11,15H,3-4,9-10H2,1-2H3. The van der Waals surface area contributed by atoms with Gasteiger partial charge < -0.3 is 15.0 Å². The number of anilines is 1. The third-order valence-corrected chi connectivity index (χ3v) is 3.26. The van der Waals surface area contributed by atoms with Crippen molar-refractivity contribution in [2.24, 2.45) is 0 Å². The number of likely N-dealkylation sites (tertiary alicyclic amines) is 1. The Bertz CT molecular complexity index is 397. The topological polar surface area (TPSA) is 41.6 Å². The molecule has 2 rings (SSSR count). The van der Waals surface area contributed by atoms with Crippen molar-refractivity contribution in [1.82, 2.24) is 4.90 Å². The molecule has 1 aliphatic heterocycles. The van der Waals surface area contributed by atoms with Gasteiger partial charge in [0.05, 0.1) is 7.11 Å². The van der Waals surface area contributed by atoms with Gasteiger partial charge >= 0.3 is 0 Å². The molecule has 0 radical (unpaired) electrons. The van der Waals surface area contributed by atoms with Gasteiger partial charge in [-0.1, -0.05) is 0 Å². The van der Waals surface area contributed by atoms with Crippen molar-refractivity contribution in [3.8, 4) is 5.75 Å². The van der Waals surface area contributed by atoms with Gasteiger partial charge in [0.15, 0.2) is 0 Å². The summed E-state index contributed by atoms with van der Waals surface area (Å²) < 4.78 is 5.10. The molecule has 0 aliphatic carbocycles. The number of hydrogen-bond donors (Lipinski definition) is 1. The van der Waals surface area contributed by atoms with E-state index in [4.69, 9.17) is 4.74 Å². The minimum absolute atomic E-state index is 0.184. The molecule has 1 aromatic carbocycles. The predicted molar refractivity (Wildman–Crippen MR) is 71.9 cm³/mol. The van der Waals surface area contributed by atoms with Crippen molar-refractivity contribution >= 4 is 11.6 Å². The molecule has 1 N–H and O–H groups in total. The van der Waals surface area contributed by atoms with Crippen molar-refractivity contribution in [2.75, 3.05) is 25.5 Å². The van der Waals surface area contributed by atoms with Crippen molar-refractivity contribution in [3.63, 3.8) is 0 Å². The Labute approximate surface area is 108 Å². The normalized spacial score (nSPS) is 16.4. The maximum absolute atomic E-state index is 12.1. The predicted octanol–water partition coefficient (Wildman–Crippen LogP) is 2.12. The highest BCUT2D eigenvalue weighted by Crippen LogP contribution is 2.17. The zero-order valence-electron chi connectivity index (χ0n) is 11.0. The van der Waals surface area contributed by atoms with Gasteiger partial charge in [-0.05, 0) is 44.0 Å². The van der Waals surface area contributed by atoms with Crippen molar-refractivity contribution < 1.29 is 9.53 Å². The monoisotopic (exact) mass is 248 g/mol.